The lowest BCUT2D eigenvalue weighted by atomic mass is 9.95. The highest BCUT2D eigenvalue weighted by Gasteiger charge is 2.23. The zero-order valence-electron chi connectivity index (χ0n) is 11.1. The first kappa shape index (κ1) is 13.5. The van der Waals surface area contributed by atoms with E-state index in [1.165, 1.54) is 0 Å². The maximum atomic E-state index is 5.61. The monoisotopic (exact) mass is 310 g/mol. The van der Waals surface area contributed by atoms with Gasteiger partial charge in [0.1, 0.15) is 11.3 Å². The van der Waals surface area contributed by atoms with Gasteiger partial charge in [-0.1, -0.05) is 20.8 Å². The number of rotatable bonds is 3. The number of hydrogen-bond acceptors (Lipinski definition) is 3. The van der Waals surface area contributed by atoms with Gasteiger partial charge < -0.3 is 10.3 Å². The Hall–Kier alpha value is -0.940. The summed E-state index contributed by atoms with van der Waals surface area (Å²) >= 11 is 3.44. The summed E-state index contributed by atoms with van der Waals surface area (Å²) in [5.74, 6) is 1.07. The van der Waals surface area contributed by atoms with Gasteiger partial charge >= 0.3 is 0 Å². The van der Waals surface area contributed by atoms with Crippen LogP contribution < -0.4 is 5.73 Å². The van der Waals surface area contributed by atoms with Crippen LogP contribution in [-0.4, -0.2) is 21.1 Å². The Bertz CT molecular complexity index is 554. The first-order chi connectivity index (χ1) is 8.43. The molecule has 0 saturated heterocycles. The van der Waals surface area contributed by atoms with Crippen molar-refractivity contribution in [1.82, 2.24) is 14.5 Å². The second kappa shape index (κ2) is 4.97. The van der Waals surface area contributed by atoms with Gasteiger partial charge in [-0.2, -0.15) is 0 Å². The first-order valence-electron chi connectivity index (χ1n) is 6.16. The quantitative estimate of drug-likeness (QED) is 0.948. The molecule has 2 rings (SSSR count). The van der Waals surface area contributed by atoms with Crippen LogP contribution >= 0.6 is 15.9 Å². The van der Waals surface area contributed by atoms with Crippen molar-refractivity contribution in [2.45, 2.75) is 39.2 Å². The van der Waals surface area contributed by atoms with E-state index in [-0.39, 0.29) is 5.41 Å². The number of imidazole rings is 1. The number of nitrogens with zero attached hydrogens (tertiary/aromatic N) is 3. The maximum Gasteiger partial charge on any atom is 0.160 e. The molecule has 0 bridgehead atoms. The summed E-state index contributed by atoms with van der Waals surface area (Å²) in [6.07, 6.45) is 2.75. The number of pyridine rings is 1. The predicted octanol–water partition coefficient (Wildman–Crippen LogP) is 2.84. The van der Waals surface area contributed by atoms with Gasteiger partial charge in [-0.05, 0) is 35.0 Å². The van der Waals surface area contributed by atoms with E-state index < -0.39 is 0 Å². The van der Waals surface area contributed by atoms with Crippen molar-refractivity contribution in [2.75, 3.05) is 6.54 Å². The molecular formula is C13H19BrN4. The van der Waals surface area contributed by atoms with Gasteiger partial charge in [0.05, 0.1) is 0 Å². The highest BCUT2D eigenvalue weighted by molar-refractivity contribution is 9.10. The van der Waals surface area contributed by atoms with E-state index in [0.717, 1.165) is 34.4 Å². The van der Waals surface area contributed by atoms with E-state index in [1.807, 2.05) is 12.3 Å². The molecular weight excluding hydrogens is 292 g/mol. The molecule has 2 heterocycles. The van der Waals surface area contributed by atoms with Gasteiger partial charge in [0.2, 0.25) is 0 Å². The average Bonchev–Trinajstić information content (AvgIpc) is 2.63. The van der Waals surface area contributed by atoms with Crippen molar-refractivity contribution in [2.24, 2.45) is 5.73 Å². The molecule has 0 aliphatic carbocycles. The summed E-state index contributed by atoms with van der Waals surface area (Å²) in [5, 5.41) is 0. The molecule has 2 aromatic rings. The number of halogens is 1. The summed E-state index contributed by atoms with van der Waals surface area (Å²) in [5.41, 5.74) is 7.49. The minimum atomic E-state index is 0.00176. The Morgan fingerprint density at radius 2 is 2.11 bits per heavy atom. The van der Waals surface area contributed by atoms with Crippen molar-refractivity contribution in [1.29, 1.82) is 0 Å². The molecule has 2 N–H and O–H groups in total. The number of nitrogens with two attached hydrogens (primary N) is 1. The highest BCUT2D eigenvalue weighted by atomic mass is 79.9. The van der Waals surface area contributed by atoms with Gasteiger partial charge in [0, 0.05) is 22.6 Å². The van der Waals surface area contributed by atoms with E-state index in [1.54, 1.807) is 0 Å². The Morgan fingerprint density at radius 3 is 2.72 bits per heavy atom. The zero-order chi connectivity index (χ0) is 13.3. The fourth-order valence-electron chi connectivity index (χ4n) is 2.02. The molecule has 18 heavy (non-hydrogen) atoms. The molecule has 2 aromatic heterocycles. The summed E-state index contributed by atoms with van der Waals surface area (Å²) in [4.78, 5) is 9.21. The fourth-order valence-corrected chi connectivity index (χ4v) is 2.34. The van der Waals surface area contributed by atoms with E-state index in [0.29, 0.717) is 6.54 Å². The van der Waals surface area contributed by atoms with Crippen LogP contribution in [0.5, 0.6) is 0 Å². The fraction of sp³-hybridized carbons (Fsp3) is 0.538. The lowest BCUT2D eigenvalue weighted by molar-refractivity contribution is 0.496. The molecule has 0 unspecified atom stereocenters. The molecule has 0 aliphatic rings. The topological polar surface area (TPSA) is 56.7 Å². The Morgan fingerprint density at radius 1 is 1.39 bits per heavy atom. The molecule has 4 nitrogen and oxygen atoms in total. The lowest BCUT2D eigenvalue weighted by Gasteiger charge is -2.19. The van der Waals surface area contributed by atoms with Crippen molar-refractivity contribution in [3.05, 3.63) is 22.6 Å². The second-order valence-corrected chi connectivity index (χ2v) is 6.39. The molecule has 5 heteroatoms. The largest absolute Gasteiger partial charge is 0.330 e. The third kappa shape index (κ3) is 2.57. The number of aromatic nitrogens is 3. The van der Waals surface area contributed by atoms with Crippen molar-refractivity contribution >= 4 is 27.1 Å². The van der Waals surface area contributed by atoms with Crippen LogP contribution in [0.4, 0.5) is 0 Å². The number of fused-ring (bicyclic) bond motifs is 1. The van der Waals surface area contributed by atoms with Crippen molar-refractivity contribution in [3.63, 3.8) is 0 Å². The highest BCUT2D eigenvalue weighted by Crippen LogP contribution is 2.26. The smallest absolute Gasteiger partial charge is 0.160 e. The standard InChI is InChI=1S/C13H19BrN4/c1-13(2,3)12-17-10-7-9(14)8-16-11(10)18(12)6-4-5-15/h7-8H,4-6,15H2,1-3H3. The first-order valence-corrected chi connectivity index (χ1v) is 6.95. The molecule has 0 spiro atoms. The Kier molecular flexibility index (Phi) is 3.73. The van der Waals surface area contributed by atoms with Gasteiger partial charge in [-0.25, -0.2) is 9.97 Å². The van der Waals surface area contributed by atoms with Crippen LogP contribution in [0, 0.1) is 0 Å². The van der Waals surface area contributed by atoms with Gasteiger partial charge in [0.25, 0.3) is 0 Å². The molecule has 0 amide bonds. The van der Waals surface area contributed by atoms with E-state index in [2.05, 4.69) is 46.3 Å². The van der Waals surface area contributed by atoms with Crippen molar-refractivity contribution in [3.8, 4) is 0 Å². The van der Waals surface area contributed by atoms with Crippen LogP contribution in [0.2, 0.25) is 0 Å². The molecule has 98 valence electrons. The third-order valence-electron chi connectivity index (χ3n) is 2.81. The minimum absolute atomic E-state index is 0.00176. The van der Waals surface area contributed by atoms with Crippen LogP contribution in [0.25, 0.3) is 11.2 Å². The van der Waals surface area contributed by atoms with E-state index >= 15 is 0 Å². The predicted molar refractivity (Wildman–Crippen MR) is 77.6 cm³/mol. The summed E-state index contributed by atoms with van der Waals surface area (Å²) in [6, 6.07) is 2.01. The summed E-state index contributed by atoms with van der Waals surface area (Å²) in [7, 11) is 0. The molecule has 0 aromatic carbocycles. The van der Waals surface area contributed by atoms with Gasteiger partial charge in [0.15, 0.2) is 5.65 Å². The average molecular weight is 311 g/mol. The Labute approximate surface area is 116 Å². The van der Waals surface area contributed by atoms with Gasteiger partial charge in [-0.15, -0.1) is 0 Å². The maximum absolute atomic E-state index is 5.61. The van der Waals surface area contributed by atoms with Crippen LogP contribution in [-0.2, 0) is 12.0 Å². The summed E-state index contributed by atoms with van der Waals surface area (Å²) in [6.45, 7) is 8.06. The number of aryl methyl sites for hydroxylation is 1. The second-order valence-electron chi connectivity index (χ2n) is 5.48. The van der Waals surface area contributed by atoms with Crippen LogP contribution in [0.15, 0.2) is 16.7 Å². The van der Waals surface area contributed by atoms with E-state index in [4.69, 9.17) is 10.7 Å². The normalized spacial score (nSPS) is 12.3. The third-order valence-corrected chi connectivity index (χ3v) is 3.24. The lowest BCUT2D eigenvalue weighted by Crippen LogP contribution is -2.20. The SMILES string of the molecule is CC(C)(C)c1nc2cc(Br)cnc2n1CCCN. The molecule has 0 saturated carbocycles. The summed E-state index contributed by atoms with van der Waals surface area (Å²) < 4.78 is 3.15. The minimum Gasteiger partial charge on any atom is -0.330 e. The van der Waals surface area contributed by atoms with Crippen molar-refractivity contribution < 1.29 is 0 Å². The molecule has 0 atom stereocenters. The molecule has 0 aliphatic heterocycles. The molecule has 0 radical (unpaired) electrons. The molecule has 0 fully saturated rings. The van der Waals surface area contributed by atoms with Crippen LogP contribution in [0.3, 0.4) is 0 Å². The van der Waals surface area contributed by atoms with E-state index in [9.17, 15) is 0 Å². The zero-order valence-corrected chi connectivity index (χ0v) is 12.7. The number of hydrogen-bond donors (Lipinski definition) is 1. The van der Waals surface area contributed by atoms with Gasteiger partial charge in [-0.3, -0.25) is 0 Å². The Balaban J connectivity index is 2.60. The van der Waals surface area contributed by atoms with Crippen LogP contribution in [0.1, 0.15) is 33.0 Å².